The average molecular weight is 314 g/mol. The van der Waals surface area contributed by atoms with E-state index in [-0.39, 0.29) is 11.4 Å². The molecule has 0 spiro atoms. The van der Waals surface area contributed by atoms with Gasteiger partial charge in [-0.3, -0.25) is 10.1 Å². The Morgan fingerprint density at radius 2 is 2.09 bits per heavy atom. The van der Waals surface area contributed by atoms with Crippen LogP contribution in [-0.2, 0) is 6.54 Å². The molecule has 2 rings (SSSR count). The van der Waals surface area contributed by atoms with Gasteiger partial charge in [0.25, 0.3) is 0 Å². The van der Waals surface area contributed by atoms with Crippen LogP contribution >= 0.6 is 0 Å². The largest absolute Gasteiger partial charge is 0.497 e. The molecule has 0 unspecified atom stereocenters. The minimum absolute atomic E-state index is 0.235. The zero-order chi connectivity index (χ0) is 16.8. The van der Waals surface area contributed by atoms with Gasteiger partial charge in [-0.15, -0.1) is 0 Å². The maximum absolute atomic E-state index is 10.8. The molecule has 2 aromatic rings. The molecule has 118 valence electrons. The second-order valence-corrected chi connectivity index (χ2v) is 4.46. The molecule has 0 radical (unpaired) electrons. The van der Waals surface area contributed by atoms with Crippen LogP contribution in [0.15, 0.2) is 30.3 Å². The first-order chi connectivity index (χ1) is 11.1. The molecular weight excluding hydrogens is 300 g/mol. The van der Waals surface area contributed by atoms with Crippen molar-refractivity contribution in [2.24, 2.45) is 0 Å². The summed E-state index contributed by atoms with van der Waals surface area (Å²) in [5.41, 5.74) is 0.300. The zero-order valence-electron chi connectivity index (χ0n) is 12.6. The average Bonchev–Trinajstić information content (AvgIpc) is 2.59. The first kappa shape index (κ1) is 16.0. The summed E-state index contributed by atoms with van der Waals surface area (Å²) in [7, 11) is 3.12. The van der Waals surface area contributed by atoms with Crippen molar-refractivity contribution in [1.29, 1.82) is 5.26 Å². The molecule has 0 saturated carbocycles. The minimum atomic E-state index is -0.637. The highest BCUT2D eigenvalue weighted by molar-refractivity contribution is 5.51. The summed E-state index contributed by atoms with van der Waals surface area (Å²) >= 11 is 0. The highest BCUT2D eigenvalue weighted by Crippen LogP contribution is 2.25. The molecule has 8 nitrogen and oxygen atoms in total. The number of ether oxygens (including phenoxy) is 2. The second kappa shape index (κ2) is 7.09. The van der Waals surface area contributed by atoms with Crippen LogP contribution in [0.2, 0.25) is 0 Å². The van der Waals surface area contributed by atoms with Crippen LogP contribution in [0.1, 0.15) is 11.3 Å². The van der Waals surface area contributed by atoms with E-state index in [4.69, 9.17) is 14.7 Å². The summed E-state index contributed by atoms with van der Waals surface area (Å²) in [5.74, 6) is 1.68. The molecule has 0 amide bonds. The van der Waals surface area contributed by atoms with Crippen molar-refractivity contribution in [2.45, 2.75) is 6.54 Å². The molecule has 0 bridgehead atoms. The van der Waals surface area contributed by atoms with Crippen molar-refractivity contribution < 1.29 is 14.4 Å². The Hall–Kier alpha value is -3.34. The van der Waals surface area contributed by atoms with Gasteiger partial charge in [0.15, 0.2) is 0 Å². The molecule has 0 saturated heterocycles. The molecule has 0 fully saturated rings. The Morgan fingerprint density at radius 1 is 1.30 bits per heavy atom. The topological polar surface area (TPSA) is 110 Å². The molecule has 1 aromatic heterocycles. The third-order valence-corrected chi connectivity index (χ3v) is 3.13. The second-order valence-electron chi connectivity index (χ2n) is 4.46. The standard InChI is InChI=1S/C15H14N4O4/c1-22-11-4-3-10(14(7-11)23-2)9-17-15-6-5-13(19(20)21)12(8-16)18-15/h3-7H,9H2,1-2H3,(H,17,18). The van der Waals surface area contributed by atoms with E-state index >= 15 is 0 Å². The molecule has 8 heteroatoms. The van der Waals surface area contributed by atoms with Gasteiger partial charge >= 0.3 is 5.69 Å². The van der Waals surface area contributed by atoms with Crippen molar-refractivity contribution >= 4 is 11.5 Å². The highest BCUT2D eigenvalue weighted by Gasteiger charge is 2.15. The summed E-state index contributed by atoms with van der Waals surface area (Å²) in [5, 5.41) is 22.7. The van der Waals surface area contributed by atoms with Crippen LogP contribution in [-0.4, -0.2) is 24.1 Å². The van der Waals surface area contributed by atoms with Gasteiger partial charge in [-0.1, -0.05) is 0 Å². The molecule has 0 aliphatic rings. The van der Waals surface area contributed by atoms with Crippen molar-refractivity contribution in [1.82, 2.24) is 4.98 Å². The Labute approximate surface area is 132 Å². The SMILES string of the molecule is COc1ccc(CNc2ccc([N+](=O)[O-])c(C#N)n2)c(OC)c1. The Bertz CT molecular complexity index is 771. The van der Waals surface area contributed by atoms with Crippen molar-refractivity contribution in [3.05, 3.63) is 51.7 Å². The molecule has 1 aromatic carbocycles. The third kappa shape index (κ3) is 3.65. The third-order valence-electron chi connectivity index (χ3n) is 3.13. The van der Waals surface area contributed by atoms with E-state index in [0.717, 1.165) is 5.56 Å². The first-order valence-corrected chi connectivity index (χ1v) is 6.59. The van der Waals surface area contributed by atoms with Gasteiger partial charge < -0.3 is 14.8 Å². The number of methoxy groups -OCH3 is 2. The van der Waals surface area contributed by atoms with E-state index < -0.39 is 4.92 Å². The summed E-state index contributed by atoms with van der Waals surface area (Å²) in [6.07, 6.45) is 0. The number of anilines is 1. The van der Waals surface area contributed by atoms with E-state index in [2.05, 4.69) is 10.3 Å². The fourth-order valence-corrected chi connectivity index (χ4v) is 1.96. The Kier molecular flexibility index (Phi) is 4.94. The van der Waals surface area contributed by atoms with Crippen LogP contribution in [0.5, 0.6) is 11.5 Å². The van der Waals surface area contributed by atoms with Gasteiger partial charge in [0.05, 0.1) is 19.1 Å². The van der Waals surface area contributed by atoms with Crippen LogP contribution < -0.4 is 14.8 Å². The van der Waals surface area contributed by atoms with Crippen LogP contribution in [0.3, 0.4) is 0 Å². The molecule has 0 aliphatic carbocycles. The van der Waals surface area contributed by atoms with Gasteiger partial charge in [-0.25, -0.2) is 4.98 Å². The number of hydrogen-bond donors (Lipinski definition) is 1. The quantitative estimate of drug-likeness (QED) is 0.644. The van der Waals surface area contributed by atoms with Crippen molar-refractivity contribution in [3.8, 4) is 17.6 Å². The molecule has 1 heterocycles. The molecule has 1 N–H and O–H groups in total. The predicted octanol–water partition coefficient (Wildman–Crippen LogP) is 2.49. The van der Waals surface area contributed by atoms with Crippen molar-refractivity contribution in [3.63, 3.8) is 0 Å². The van der Waals surface area contributed by atoms with E-state index in [1.54, 1.807) is 32.4 Å². The fourth-order valence-electron chi connectivity index (χ4n) is 1.96. The Balaban J connectivity index is 2.18. The highest BCUT2D eigenvalue weighted by atomic mass is 16.6. The summed E-state index contributed by atoms with van der Waals surface area (Å²) in [6.45, 7) is 0.378. The lowest BCUT2D eigenvalue weighted by Gasteiger charge is -2.11. The summed E-state index contributed by atoms with van der Waals surface area (Å²) < 4.78 is 10.4. The van der Waals surface area contributed by atoms with E-state index in [1.807, 2.05) is 6.07 Å². The van der Waals surface area contributed by atoms with E-state index in [1.165, 1.54) is 12.1 Å². The molecule has 0 aliphatic heterocycles. The monoisotopic (exact) mass is 314 g/mol. The summed E-state index contributed by atoms with van der Waals surface area (Å²) in [4.78, 5) is 14.1. The van der Waals surface area contributed by atoms with Gasteiger partial charge in [0.1, 0.15) is 23.4 Å². The van der Waals surface area contributed by atoms with Crippen LogP contribution in [0, 0.1) is 21.4 Å². The number of nitro groups is 1. The molecule has 0 atom stereocenters. The molecular formula is C15H14N4O4. The predicted molar refractivity (Wildman–Crippen MR) is 82.5 cm³/mol. The number of benzene rings is 1. The van der Waals surface area contributed by atoms with E-state index in [0.29, 0.717) is 23.9 Å². The maximum Gasteiger partial charge on any atom is 0.305 e. The smallest absolute Gasteiger partial charge is 0.305 e. The van der Waals surface area contributed by atoms with Gasteiger partial charge in [-0.05, 0) is 18.2 Å². The molecule has 23 heavy (non-hydrogen) atoms. The fraction of sp³-hybridized carbons (Fsp3) is 0.200. The van der Waals surface area contributed by atoms with Gasteiger partial charge in [0, 0.05) is 24.2 Å². The minimum Gasteiger partial charge on any atom is -0.497 e. The zero-order valence-corrected chi connectivity index (χ0v) is 12.6. The number of nitrogens with zero attached hydrogens (tertiary/aromatic N) is 3. The maximum atomic E-state index is 10.8. The number of nitriles is 1. The van der Waals surface area contributed by atoms with E-state index in [9.17, 15) is 10.1 Å². The lowest BCUT2D eigenvalue weighted by Crippen LogP contribution is -2.05. The van der Waals surface area contributed by atoms with Gasteiger partial charge in [0.2, 0.25) is 5.69 Å². The number of nitrogens with one attached hydrogen (secondary N) is 1. The number of aromatic nitrogens is 1. The number of pyridine rings is 1. The van der Waals surface area contributed by atoms with Gasteiger partial charge in [-0.2, -0.15) is 5.26 Å². The van der Waals surface area contributed by atoms with Crippen molar-refractivity contribution in [2.75, 3.05) is 19.5 Å². The lowest BCUT2D eigenvalue weighted by molar-refractivity contribution is -0.385. The number of hydrogen-bond acceptors (Lipinski definition) is 7. The van der Waals surface area contributed by atoms with Crippen LogP contribution in [0.25, 0.3) is 0 Å². The lowest BCUT2D eigenvalue weighted by atomic mass is 10.2. The summed E-state index contributed by atoms with van der Waals surface area (Å²) in [6, 6.07) is 9.80. The Morgan fingerprint density at radius 3 is 2.70 bits per heavy atom. The normalized spacial score (nSPS) is 9.78. The first-order valence-electron chi connectivity index (χ1n) is 6.59. The number of rotatable bonds is 6. The van der Waals surface area contributed by atoms with Crippen LogP contribution in [0.4, 0.5) is 11.5 Å².